The van der Waals surface area contributed by atoms with Crippen LogP contribution < -0.4 is 5.32 Å². The van der Waals surface area contributed by atoms with Gasteiger partial charge in [-0.3, -0.25) is 9.48 Å². The molecule has 0 atom stereocenters. The van der Waals surface area contributed by atoms with Crippen LogP contribution in [0.15, 0.2) is 24.7 Å². The lowest BCUT2D eigenvalue weighted by Gasteiger charge is -2.38. The molecule has 3 heterocycles. The number of anilines is 1. The number of rotatable bonds is 5. The Morgan fingerprint density at radius 2 is 2.07 bits per heavy atom. The van der Waals surface area contributed by atoms with Gasteiger partial charge in [0, 0.05) is 18.1 Å². The van der Waals surface area contributed by atoms with E-state index in [2.05, 4.69) is 34.3 Å². The number of nitrogens with zero attached hydrogens (tertiary/aromatic N) is 5. The minimum absolute atomic E-state index is 0.0278. The first-order valence-electron chi connectivity index (χ1n) is 9.33. The quantitative estimate of drug-likeness (QED) is 0.716. The summed E-state index contributed by atoms with van der Waals surface area (Å²) < 4.78 is 30.0. The van der Waals surface area contributed by atoms with Gasteiger partial charge in [-0.25, -0.2) is 18.3 Å². The lowest BCUT2D eigenvalue weighted by atomic mass is 9.74. The maximum absolute atomic E-state index is 13.5. The van der Waals surface area contributed by atoms with Crippen molar-refractivity contribution in [3.8, 4) is 0 Å². The Hall–Kier alpha value is -2.84. The number of aromatic nitrogens is 5. The number of alkyl halides is 2. The summed E-state index contributed by atoms with van der Waals surface area (Å²) in [6.45, 7) is 6.16. The van der Waals surface area contributed by atoms with Gasteiger partial charge in [0.25, 0.3) is 12.3 Å². The molecule has 1 fully saturated rings. The number of nitrogens with one attached hydrogen (secondary N) is 1. The Bertz CT molecular complexity index is 1020. The smallest absolute Gasteiger partial charge is 0.284 e. The van der Waals surface area contributed by atoms with Crippen LogP contribution in [0.25, 0.3) is 5.65 Å². The molecule has 0 radical (unpaired) electrons. The number of hydrogen-bond acceptors (Lipinski definition) is 4. The molecule has 9 heteroatoms. The highest BCUT2D eigenvalue weighted by Crippen LogP contribution is 2.42. The fourth-order valence-corrected chi connectivity index (χ4v) is 3.60. The maximum atomic E-state index is 13.5. The summed E-state index contributed by atoms with van der Waals surface area (Å²) in [6, 6.07) is 1.86. The number of carbonyl (C=O) groups is 1. The molecule has 1 N–H and O–H groups in total. The third-order valence-electron chi connectivity index (χ3n) is 5.52. The van der Waals surface area contributed by atoms with E-state index in [1.54, 1.807) is 16.9 Å². The minimum atomic E-state index is -2.78. The highest BCUT2D eigenvalue weighted by molar-refractivity contribution is 6.08. The van der Waals surface area contributed by atoms with E-state index in [-0.39, 0.29) is 17.3 Å². The van der Waals surface area contributed by atoms with Crippen LogP contribution in [0.4, 0.5) is 14.5 Å². The molecular formula is C19H22F2N6O. The van der Waals surface area contributed by atoms with E-state index in [0.29, 0.717) is 17.5 Å². The molecule has 0 aliphatic heterocycles. The van der Waals surface area contributed by atoms with Crippen LogP contribution in [0.3, 0.4) is 0 Å². The zero-order valence-electron chi connectivity index (χ0n) is 15.9. The molecule has 0 aromatic carbocycles. The average molecular weight is 388 g/mol. The van der Waals surface area contributed by atoms with Crippen molar-refractivity contribution in [2.45, 2.75) is 46.1 Å². The number of carbonyl (C=O) groups excluding carboxylic acids is 1. The van der Waals surface area contributed by atoms with Gasteiger partial charge in [0.05, 0.1) is 17.9 Å². The third-order valence-corrected chi connectivity index (χ3v) is 5.52. The van der Waals surface area contributed by atoms with Crippen LogP contribution in [0.1, 0.15) is 60.9 Å². The molecule has 28 heavy (non-hydrogen) atoms. The van der Waals surface area contributed by atoms with Gasteiger partial charge in [0.15, 0.2) is 11.3 Å². The summed E-state index contributed by atoms with van der Waals surface area (Å²) in [6.07, 6.45) is 3.51. The van der Waals surface area contributed by atoms with E-state index in [0.717, 1.165) is 18.5 Å². The molecular weight excluding hydrogens is 366 g/mol. The van der Waals surface area contributed by atoms with Crippen LogP contribution in [0.5, 0.6) is 0 Å². The molecule has 1 aliphatic carbocycles. The van der Waals surface area contributed by atoms with E-state index in [1.165, 1.54) is 16.9 Å². The predicted octanol–water partition coefficient (Wildman–Crippen LogP) is 4.03. The summed E-state index contributed by atoms with van der Waals surface area (Å²) in [5.74, 6) is 0.602. The van der Waals surface area contributed by atoms with Crippen LogP contribution in [-0.2, 0) is 0 Å². The summed E-state index contributed by atoms with van der Waals surface area (Å²) in [7, 11) is 0. The molecule has 148 valence electrons. The first kappa shape index (κ1) is 18.5. The van der Waals surface area contributed by atoms with Gasteiger partial charge in [-0.1, -0.05) is 13.8 Å². The molecule has 1 saturated carbocycles. The van der Waals surface area contributed by atoms with Crippen molar-refractivity contribution >= 4 is 17.2 Å². The lowest BCUT2D eigenvalue weighted by molar-refractivity contribution is 0.102. The number of amides is 1. The van der Waals surface area contributed by atoms with Crippen molar-refractivity contribution < 1.29 is 13.6 Å². The standard InChI is InChI=1S/C19H22F2N6O/c1-10(2)12-6-13(7-12)26-9-15(16(25-26)17(20)21)24-19(28)14-8-23-27-11(3)4-5-22-18(14)27/h4-5,8-10,12-13,17H,6-7H2,1-3H3,(H,24,28). The van der Waals surface area contributed by atoms with E-state index in [9.17, 15) is 13.6 Å². The summed E-state index contributed by atoms with van der Waals surface area (Å²) in [5, 5.41) is 10.8. The van der Waals surface area contributed by atoms with E-state index < -0.39 is 18.0 Å². The van der Waals surface area contributed by atoms with Crippen LogP contribution in [0, 0.1) is 18.8 Å². The predicted molar refractivity (Wildman–Crippen MR) is 99.5 cm³/mol. The fraction of sp³-hybridized carbons (Fsp3) is 0.474. The second kappa shape index (κ2) is 6.96. The van der Waals surface area contributed by atoms with E-state index in [4.69, 9.17) is 0 Å². The van der Waals surface area contributed by atoms with Gasteiger partial charge < -0.3 is 5.32 Å². The molecule has 4 rings (SSSR count). The van der Waals surface area contributed by atoms with Gasteiger partial charge >= 0.3 is 0 Å². The van der Waals surface area contributed by atoms with Gasteiger partial charge in [0.1, 0.15) is 5.56 Å². The number of aryl methyl sites for hydroxylation is 1. The molecule has 1 amide bonds. The van der Waals surface area contributed by atoms with E-state index in [1.807, 2.05) is 6.92 Å². The van der Waals surface area contributed by atoms with Crippen LogP contribution >= 0.6 is 0 Å². The van der Waals surface area contributed by atoms with Gasteiger partial charge in [-0.05, 0) is 37.7 Å². The van der Waals surface area contributed by atoms with Crippen molar-refractivity contribution in [1.29, 1.82) is 0 Å². The zero-order valence-corrected chi connectivity index (χ0v) is 15.9. The third kappa shape index (κ3) is 3.14. The van der Waals surface area contributed by atoms with Crippen LogP contribution in [-0.4, -0.2) is 30.3 Å². The molecule has 0 spiro atoms. The number of fused-ring (bicyclic) bond motifs is 1. The highest BCUT2D eigenvalue weighted by atomic mass is 19.3. The Labute approximate surface area is 160 Å². The maximum Gasteiger partial charge on any atom is 0.284 e. The number of hydrogen-bond donors (Lipinski definition) is 1. The van der Waals surface area contributed by atoms with Crippen LogP contribution in [0.2, 0.25) is 0 Å². The summed E-state index contributed by atoms with van der Waals surface area (Å²) >= 11 is 0. The molecule has 1 aliphatic rings. The van der Waals surface area contributed by atoms with Crippen molar-refractivity contribution in [1.82, 2.24) is 24.4 Å². The minimum Gasteiger partial charge on any atom is -0.319 e. The molecule has 0 bridgehead atoms. The lowest BCUT2D eigenvalue weighted by Crippen LogP contribution is -2.30. The Morgan fingerprint density at radius 1 is 1.32 bits per heavy atom. The first-order valence-corrected chi connectivity index (χ1v) is 9.33. The monoisotopic (exact) mass is 388 g/mol. The van der Waals surface area contributed by atoms with Crippen molar-refractivity contribution in [2.75, 3.05) is 5.32 Å². The summed E-state index contributed by atoms with van der Waals surface area (Å²) in [4.78, 5) is 16.9. The Balaban J connectivity index is 1.58. The van der Waals surface area contributed by atoms with Crippen molar-refractivity contribution in [3.05, 3.63) is 41.6 Å². The van der Waals surface area contributed by atoms with E-state index >= 15 is 0 Å². The first-order chi connectivity index (χ1) is 13.3. The fourth-order valence-electron chi connectivity index (χ4n) is 3.60. The number of halogens is 2. The van der Waals surface area contributed by atoms with Crippen molar-refractivity contribution in [3.63, 3.8) is 0 Å². The Morgan fingerprint density at radius 3 is 2.75 bits per heavy atom. The molecule has 7 nitrogen and oxygen atoms in total. The molecule has 3 aromatic heterocycles. The normalized spacial score (nSPS) is 19.4. The largest absolute Gasteiger partial charge is 0.319 e. The highest BCUT2D eigenvalue weighted by Gasteiger charge is 2.34. The second-order valence-electron chi connectivity index (χ2n) is 7.67. The van der Waals surface area contributed by atoms with Gasteiger partial charge in [0.2, 0.25) is 0 Å². The second-order valence-corrected chi connectivity index (χ2v) is 7.67. The molecule has 0 unspecified atom stereocenters. The van der Waals surface area contributed by atoms with Gasteiger partial charge in [-0.2, -0.15) is 10.2 Å². The topological polar surface area (TPSA) is 77.1 Å². The molecule has 3 aromatic rings. The summed E-state index contributed by atoms with van der Waals surface area (Å²) in [5.41, 5.74) is 1.03. The SMILES string of the molecule is Cc1ccnc2c(C(=O)Nc3cn(C4CC(C(C)C)C4)nc3C(F)F)cnn12. The molecule has 0 saturated heterocycles. The van der Waals surface area contributed by atoms with Crippen molar-refractivity contribution in [2.24, 2.45) is 11.8 Å². The zero-order chi connectivity index (χ0) is 20.0. The average Bonchev–Trinajstić information content (AvgIpc) is 3.18. The van der Waals surface area contributed by atoms with Gasteiger partial charge in [-0.15, -0.1) is 0 Å². The Kier molecular flexibility index (Phi) is 4.60.